The lowest BCUT2D eigenvalue weighted by molar-refractivity contribution is 0.148. The maximum atomic E-state index is 6.42. The lowest BCUT2D eigenvalue weighted by atomic mass is 9.69. The van der Waals surface area contributed by atoms with Crippen LogP contribution in [0.3, 0.4) is 0 Å². The zero-order chi connectivity index (χ0) is 15.6. The van der Waals surface area contributed by atoms with Crippen LogP contribution in [-0.2, 0) is 0 Å². The minimum Gasteiger partial charge on any atom is -0.327 e. The van der Waals surface area contributed by atoms with Crippen molar-refractivity contribution >= 4 is 11.8 Å². The fraction of sp³-hybridized carbons (Fsp3) is 0.684. The lowest BCUT2D eigenvalue weighted by Crippen LogP contribution is -2.42. The number of aryl methyl sites for hydroxylation is 2. The first-order valence-electron chi connectivity index (χ1n) is 8.33. The maximum Gasteiger partial charge on any atom is 0.0249 e. The Balaban J connectivity index is 2.08. The third-order valence-electron chi connectivity index (χ3n) is 5.63. The molecular formula is C19H31NS. The van der Waals surface area contributed by atoms with Gasteiger partial charge in [-0.25, -0.2) is 0 Å². The summed E-state index contributed by atoms with van der Waals surface area (Å²) in [7, 11) is 0. The van der Waals surface area contributed by atoms with E-state index < -0.39 is 0 Å². The van der Waals surface area contributed by atoms with Crippen LogP contribution in [-0.4, -0.2) is 11.3 Å². The van der Waals surface area contributed by atoms with Crippen molar-refractivity contribution in [3.8, 4) is 0 Å². The van der Waals surface area contributed by atoms with Gasteiger partial charge in [-0.3, -0.25) is 0 Å². The number of benzene rings is 1. The third-order valence-corrected chi connectivity index (χ3v) is 7.00. The summed E-state index contributed by atoms with van der Waals surface area (Å²) in [6, 6.07) is 7.16. The van der Waals surface area contributed by atoms with Gasteiger partial charge in [0.1, 0.15) is 0 Å². The van der Waals surface area contributed by atoms with Gasteiger partial charge in [0.15, 0.2) is 0 Å². The molecule has 1 nitrogen and oxygen atoms in total. The summed E-state index contributed by atoms with van der Waals surface area (Å²) < 4.78 is 0. The molecule has 1 fully saturated rings. The molecule has 1 aliphatic rings. The minimum absolute atomic E-state index is 0.348. The molecule has 21 heavy (non-hydrogen) atoms. The lowest BCUT2D eigenvalue weighted by Gasteiger charge is -2.42. The maximum absolute atomic E-state index is 6.42. The van der Waals surface area contributed by atoms with Crippen molar-refractivity contribution in [2.45, 2.75) is 76.5 Å². The van der Waals surface area contributed by atoms with Crippen molar-refractivity contribution in [2.75, 3.05) is 0 Å². The molecule has 3 atom stereocenters. The summed E-state index contributed by atoms with van der Waals surface area (Å²) in [6.07, 6.45) is 5.00. The second kappa shape index (κ2) is 6.75. The number of thioether (sulfide) groups is 1. The Kier molecular flexibility index (Phi) is 5.43. The van der Waals surface area contributed by atoms with E-state index in [0.29, 0.717) is 16.7 Å². The standard InChI is InChI=1S/C19H31NS/c1-6-19(4,5)15-8-10-17(20)18(12-15)21-16-9-7-13(2)14(3)11-16/h7,9,11,15,17-18H,6,8,10,12,20H2,1-5H3. The summed E-state index contributed by atoms with van der Waals surface area (Å²) >= 11 is 2.00. The number of hydrogen-bond donors (Lipinski definition) is 1. The second-order valence-electron chi connectivity index (χ2n) is 7.42. The van der Waals surface area contributed by atoms with Gasteiger partial charge in [0, 0.05) is 16.2 Å². The van der Waals surface area contributed by atoms with Crippen LogP contribution in [0.15, 0.2) is 23.1 Å². The van der Waals surface area contributed by atoms with Crippen LogP contribution < -0.4 is 5.73 Å². The molecule has 3 unspecified atom stereocenters. The van der Waals surface area contributed by atoms with Gasteiger partial charge in [-0.2, -0.15) is 0 Å². The zero-order valence-corrected chi connectivity index (χ0v) is 15.1. The molecule has 2 rings (SSSR count). The second-order valence-corrected chi connectivity index (χ2v) is 8.73. The van der Waals surface area contributed by atoms with E-state index >= 15 is 0 Å². The Hall–Kier alpha value is -0.470. The summed E-state index contributed by atoms with van der Waals surface area (Å²) in [5.74, 6) is 0.811. The molecule has 1 saturated carbocycles. The van der Waals surface area contributed by atoms with Crippen LogP contribution in [0.25, 0.3) is 0 Å². The Morgan fingerprint density at radius 2 is 1.90 bits per heavy atom. The van der Waals surface area contributed by atoms with Gasteiger partial charge in [0.05, 0.1) is 0 Å². The monoisotopic (exact) mass is 305 g/mol. The van der Waals surface area contributed by atoms with E-state index in [0.717, 1.165) is 5.92 Å². The van der Waals surface area contributed by atoms with E-state index in [1.54, 1.807) is 0 Å². The normalized spacial score (nSPS) is 26.9. The van der Waals surface area contributed by atoms with Crippen molar-refractivity contribution < 1.29 is 0 Å². The van der Waals surface area contributed by atoms with Gasteiger partial charge in [0.2, 0.25) is 0 Å². The quantitative estimate of drug-likeness (QED) is 0.814. The molecule has 1 aromatic rings. The molecule has 0 saturated heterocycles. The summed E-state index contributed by atoms with van der Waals surface area (Å²) in [5, 5.41) is 0.566. The molecule has 0 aliphatic heterocycles. The fourth-order valence-electron chi connectivity index (χ4n) is 3.25. The Labute approximate surface area is 135 Å². The van der Waals surface area contributed by atoms with Crippen LogP contribution in [0.5, 0.6) is 0 Å². The molecule has 1 aromatic carbocycles. The molecule has 118 valence electrons. The number of hydrogen-bond acceptors (Lipinski definition) is 2. The van der Waals surface area contributed by atoms with Crippen molar-refractivity contribution in [3.63, 3.8) is 0 Å². The van der Waals surface area contributed by atoms with Gasteiger partial charge in [-0.05, 0) is 67.7 Å². The highest BCUT2D eigenvalue weighted by Gasteiger charge is 2.36. The first kappa shape index (κ1) is 16.9. The molecule has 1 aliphatic carbocycles. The van der Waals surface area contributed by atoms with Gasteiger partial charge in [0.25, 0.3) is 0 Å². The van der Waals surface area contributed by atoms with Gasteiger partial charge < -0.3 is 5.73 Å². The van der Waals surface area contributed by atoms with E-state index in [4.69, 9.17) is 5.73 Å². The van der Waals surface area contributed by atoms with E-state index in [9.17, 15) is 0 Å². The summed E-state index contributed by atoms with van der Waals surface area (Å²) in [4.78, 5) is 1.38. The molecule has 0 aromatic heterocycles. The van der Waals surface area contributed by atoms with Gasteiger partial charge >= 0.3 is 0 Å². The summed E-state index contributed by atoms with van der Waals surface area (Å²) in [5.41, 5.74) is 9.62. The van der Waals surface area contributed by atoms with Gasteiger partial charge in [-0.1, -0.05) is 33.3 Å². The van der Waals surface area contributed by atoms with E-state index in [1.807, 2.05) is 11.8 Å². The molecule has 2 N–H and O–H groups in total. The predicted octanol–water partition coefficient (Wildman–Crippen LogP) is 5.33. The van der Waals surface area contributed by atoms with Crippen molar-refractivity contribution in [1.29, 1.82) is 0 Å². The topological polar surface area (TPSA) is 26.0 Å². The van der Waals surface area contributed by atoms with Crippen molar-refractivity contribution in [2.24, 2.45) is 17.1 Å². The Bertz CT molecular complexity index is 480. The average molecular weight is 306 g/mol. The Morgan fingerprint density at radius 3 is 2.52 bits per heavy atom. The van der Waals surface area contributed by atoms with Crippen LogP contribution >= 0.6 is 11.8 Å². The summed E-state index contributed by atoms with van der Waals surface area (Å²) in [6.45, 7) is 11.5. The SMILES string of the molecule is CCC(C)(C)C1CCC(N)C(Sc2ccc(C)c(C)c2)C1. The molecule has 0 amide bonds. The van der Waals surface area contributed by atoms with E-state index in [1.165, 1.54) is 41.7 Å². The molecule has 2 heteroatoms. The van der Waals surface area contributed by atoms with Gasteiger partial charge in [-0.15, -0.1) is 11.8 Å². The largest absolute Gasteiger partial charge is 0.327 e. The van der Waals surface area contributed by atoms with Crippen LogP contribution in [0.2, 0.25) is 0 Å². The highest BCUT2D eigenvalue weighted by atomic mass is 32.2. The first-order chi connectivity index (χ1) is 9.83. The third kappa shape index (κ3) is 4.04. The average Bonchev–Trinajstić information content (AvgIpc) is 2.45. The van der Waals surface area contributed by atoms with Crippen LogP contribution in [0.4, 0.5) is 0 Å². The predicted molar refractivity (Wildman–Crippen MR) is 94.9 cm³/mol. The number of nitrogens with two attached hydrogens (primary N) is 1. The van der Waals surface area contributed by atoms with E-state index in [2.05, 4.69) is 52.8 Å². The molecule has 0 heterocycles. The first-order valence-corrected chi connectivity index (χ1v) is 9.21. The highest BCUT2D eigenvalue weighted by molar-refractivity contribution is 8.00. The molecule has 0 spiro atoms. The van der Waals surface area contributed by atoms with E-state index in [-0.39, 0.29) is 0 Å². The Morgan fingerprint density at radius 1 is 1.19 bits per heavy atom. The number of rotatable bonds is 4. The van der Waals surface area contributed by atoms with Crippen LogP contribution in [0, 0.1) is 25.2 Å². The molecule has 0 bridgehead atoms. The van der Waals surface area contributed by atoms with Crippen molar-refractivity contribution in [1.82, 2.24) is 0 Å². The smallest absolute Gasteiger partial charge is 0.0249 e. The minimum atomic E-state index is 0.348. The van der Waals surface area contributed by atoms with Crippen molar-refractivity contribution in [3.05, 3.63) is 29.3 Å². The molecule has 0 radical (unpaired) electrons. The molecular weight excluding hydrogens is 274 g/mol. The highest BCUT2D eigenvalue weighted by Crippen LogP contribution is 2.44. The van der Waals surface area contributed by atoms with Crippen LogP contribution in [0.1, 0.15) is 57.6 Å². The fourth-order valence-corrected chi connectivity index (χ4v) is 4.63. The zero-order valence-electron chi connectivity index (χ0n) is 14.3.